The van der Waals surface area contributed by atoms with E-state index in [0.29, 0.717) is 17.9 Å². The third-order valence-corrected chi connectivity index (χ3v) is 4.95. The maximum Gasteiger partial charge on any atom is 0.337 e. The van der Waals surface area contributed by atoms with Crippen LogP contribution in [0.5, 0.6) is 0 Å². The van der Waals surface area contributed by atoms with Crippen LogP contribution in [-0.2, 0) is 9.47 Å². The van der Waals surface area contributed by atoms with Gasteiger partial charge in [0.05, 0.1) is 28.8 Å². The Morgan fingerprint density at radius 3 is 2.92 bits per heavy atom. The average molecular weight is 343 g/mol. The summed E-state index contributed by atoms with van der Waals surface area (Å²) < 4.78 is 10.1. The van der Waals surface area contributed by atoms with Crippen molar-refractivity contribution in [3.05, 3.63) is 46.1 Å². The van der Waals surface area contributed by atoms with Crippen LogP contribution in [0.3, 0.4) is 0 Å². The molecule has 24 heavy (non-hydrogen) atoms. The van der Waals surface area contributed by atoms with Gasteiger partial charge >= 0.3 is 5.97 Å². The first kappa shape index (κ1) is 16.4. The number of hydrogen-bond donors (Lipinski definition) is 1. The van der Waals surface area contributed by atoms with Crippen molar-refractivity contribution in [3.63, 3.8) is 0 Å². The molecule has 1 unspecified atom stereocenters. The highest BCUT2D eigenvalue weighted by atomic mass is 32.2. The molecule has 0 saturated carbocycles. The number of methoxy groups -OCH3 is 2. The second-order valence-electron chi connectivity index (χ2n) is 5.42. The molecule has 0 saturated heterocycles. The minimum Gasteiger partial charge on any atom is -0.465 e. The van der Waals surface area contributed by atoms with Gasteiger partial charge in [-0.25, -0.2) is 4.79 Å². The Kier molecular flexibility index (Phi) is 4.51. The number of hydrogen-bond acceptors (Lipinski definition) is 7. The summed E-state index contributed by atoms with van der Waals surface area (Å²) in [5.41, 5.74) is 1.97. The first-order valence-corrected chi connectivity index (χ1v) is 8.20. The van der Waals surface area contributed by atoms with Crippen molar-refractivity contribution in [3.8, 4) is 6.07 Å². The molecule has 1 atom stereocenters. The molecule has 2 heterocycles. The molecule has 0 spiro atoms. The van der Waals surface area contributed by atoms with Crippen molar-refractivity contribution in [2.24, 2.45) is 0 Å². The molecule has 0 aliphatic carbocycles. The van der Waals surface area contributed by atoms with E-state index in [4.69, 9.17) is 9.47 Å². The van der Waals surface area contributed by atoms with E-state index in [-0.39, 0.29) is 12.0 Å². The summed E-state index contributed by atoms with van der Waals surface area (Å²) in [4.78, 5) is 15.6. The van der Waals surface area contributed by atoms with Crippen molar-refractivity contribution in [2.75, 3.05) is 25.9 Å². The summed E-state index contributed by atoms with van der Waals surface area (Å²) in [5, 5.41) is 12.8. The lowest BCUT2D eigenvalue weighted by molar-refractivity contribution is 0.0600. The fourth-order valence-corrected chi connectivity index (χ4v) is 3.84. The lowest BCUT2D eigenvalue weighted by atomic mass is 10.1. The van der Waals surface area contributed by atoms with Gasteiger partial charge in [-0.05, 0) is 31.2 Å². The zero-order valence-electron chi connectivity index (χ0n) is 13.6. The summed E-state index contributed by atoms with van der Waals surface area (Å²) in [6, 6.07) is 7.67. The number of ether oxygens (including phenoxy) is 2. The molecular weight excluding hydrogens is 326 g/mol. The third-order valence-electron chi connectivity index (χ3n) is 3.77. The standard InChI is InChI=1S/C17H17N3O3S/c1-10-6-12(8-18)15-16(19-10)20(9-22-2)13-7-11(17(21)23-3)4-5-14(13)24-15/h4-7,10,19H,9H2,1-3H3. The van der Waals surface area contributed by atoms with Crippen LogP contribution in [0.15, 0.2) is 45.5 Å². The highest BCUT2D eigenvalue weighted by Gasteiger charge is 2.32. The SMILES string of the molecule is COCN1C2=C(Sc3ccc(C(=O)OC)cc31)C(C#N)=CC(C)N2. The Morgan fingerprint density at radius 2 is 2.25 bits per heavy atom. The summed E-state index contributed by atoms with van der Waals surface area (Å²) in [6.07, 6.45) is 1.91. The van der Waals surface area contributed by atoms with Crippen LogP contribution in [0.25, 0.3) is 0 Å². The van der Waals surface area contributed by atoms with Gasteiger partial charge in [0.15, 0.2) is 0 Å². The van der Waals surface area contributed by atoms with E-state index in [0.717, 1.165) is 21.3 Å². The van der Waals surface area contributed by atoms with Crippen LogP contribution in [0, 0.1) is 11.3 Å². The van der Waals surface area contributed by atoms with E-state index in [9.17, 15) is 10.1 Å². The maximum absolute atomic E-state index is 11.8. The number of nitriles is 1. The van der Waals surface area contributed by atoms with Crippen molar-refractivity contribution in [1.82, 2.24) is 5.32 Å². The maximum atomic E-state index is 11.8. The van der Waals surface area contributed by atoms with E-state index in [1.807, 2.05) is 24.0 Å². The number of carbonyl (C=O) groups excluding carboxylic acids is 1. The number of nitrogens with one attached hydrogen (secondary N) is 1. The van der Waals surface area contributed by atoms with Crippen molar-refractivity contribution >= 4 is 23.4 Å². The highest BCUT2D eigenvalue weighted by molar-refractivity contribution is 8.03. The topological polar surface area (TPSA) is 74.6 Å². The molecule has 0 fully saturated rings. The summed E-state index contributed by atoms with van der Waals surface area (Å²) >= 11 is 1.51. The second kappa shape index (κ2) is 6.59. The monoisotopic (exact) mass is 343 g/mol. The fourth-order valence-electron chi connectivity index (χ4n) is 2.72. The van der Waals surface area contributed by atoms with E-state index in [1.54, 1.807) is 19.2 Å². The predicted octanol–water partition coefficient (Wildman–Crippen LogP) is 2.60. The van der Waals surface area contributed by atoms with Crippen molar-refractivity contribution < 1.29 is 14.3 Å². The minimum atomic E-state index is -0.387. The predicted molar refractivity (Wildman–Crippen MR) is 91.3 cm³/mol. The van der Waals surface area contributed by atoms with Crippen molar-refractivity contribution in [2.45, 2.75) is 17.9 Å². The molecule has 0 radical (unpaired) electrons. The summed E-state index contributed by atoms with van der Waals surface area (Å²) in [6.45, 7) is 2.28. The molecule has 0 aromatic heterocycles. The van der Waals surface area contributed by atoms with Gasteiger partial charge in [0.2, 0.25) is 0 Å². The van der Waals surface area contributed by atoms with Crippen LogP contribution in [0.2, 0.25) is 0 Å². The van der Waals surface area contributed by atoms with Crippen LogP contribution in [0.1, 0.15) is 17.3 Å². The number of anilines is 1. The minimum absolute atomic E-state index is 0.0312. The van der Waals surface area contributed by atoms with Crippen LogP contribution in [0.4, 0.5) is 5.69 Å². The number of thioether (sulfide) groups is 1. The molecule has 1 aromatic rings. The normalized spacial score (nSPS) is 18.8. The first-order valence-electron chi connectivity index (χ1n) is 7.38. The molecule has 2 aliphatic heterocycles. The molecule has 2 aliphatic rings. The number of rotatable bonds is 3. The Hall–Kier alpha value is -2.43. The van der Waals surface area contributed by atoms with Gasteiger partial charge in [0.25, 0.3) is 0 Å². The Balaban J connectivity index is 2.11. The van der Waals surface area contributed by atoms with Gasteiger partial charge in [0.1, 0.15) is 18.6 Å². The largest absolute Gasteiger partial charge is 0.465 e. The van der Waals surface area contributed by atoms with E-state index < -0.39 is 0 Å². The summed E-state index contributed by atoms with van der Waals surface area (Å²) in [7, 11) is 2.97. The van der Waals surface area contributed by atoms with Crippen LogP contribution in [-0.4, -0.2) is 33.0 Å². The Labute approximate surface area is 144 Å². The van der Waals surface area contributed by atoms with Gasteiger partial charge in [-0.3, -0.25) is 0 Å². The number of fused-ring (bicyclic) bond motifs is 1. The fraction of sp³-hybridized carbons (Fsp3) is 0.294. The second-order valence-corrected chi connectivity index (χ2v) is 6.48. The van der Waals surface area contributed by atoms with Gasteiger partial charge in [-0.15, -0.1) is 0 Å². The zero-order valence-corrected chi connectivity index (χ0v) is 14.4. The molecule has 0 amide bonds. The third kappa shape index (κ3) is 2.75. The van der Waals surface area contributed by atoms with E-state index in [1.165, 1.54) is 18.9 Å². The number of carbonyl (C=O) groups is 1. The highest BCUT2D eigenvalue weighted by Crippen LogP contribution is 2.46. The number of dihydropyridines is 1. The van der Waals surface area contributed by atoms with E-state index >= 15 is 0 Å². The number of nitrogens with zero attached hydrogens (tertiary/aromatic N) is 2. The number of benzene rings is 1. The lowest BCUT2D eigenvalue weighted by Crippen LogP contribution is -2.41. The van der Waals surface area contributed by atoms with Gasteiger partial charge < -0.3 is 19.7 Å². The molecular formula is C17H17N3O3S. The van der Waals surface area contributed by atoms with Gasteiger partial charge in [-0.1, -0.05) is 11.8 Å². The van der Waals surface area contributed by atoms with E-state index in [2.05, 4.69) is 11.4 Å². The molecule has 6 nitrogen and oxygen atoms in total. The average Bonchev–Trinajstić information content (AvgIpc) is 2.60. The molecule has 3 rings (SSSR count). The molecule has 1 aromatic carbocycles. The van der Waals surface area contributed by atoms with Crippen LogP contribution >= 0.6 is 11.8 Å². The summed E-state index contributed by atoms with van der Waals surface area (Å²) in [5.74, 6) is 0.436. The smallest absolute Gasteiger partial charge is 0.337 e. The molecule has 0 bridgehead atoms. The zero-order chi connectivity index (χ0) is 17.3. The lowest BCUT2D eigenvalue weighted by Gasteiger charge is -2.37. The Bertz CT molecular complexity index is 795. The Morgan fingerprint density at radius 1 is 1.46 bits per heavy atom. The van der Waals surface area contributed by atoms with Gasteiger partial charge in [-0.2, -0.15) is 5.26 Å². The number of esters is 1. The quantitative estimate of drug-likeness (QED) is 0.846. The van der Waals surface area contributed by atoms with Crippen molar-refractivity contribution in [1.29, 1.82) is 5.26 Å². The first-order chi connectivity index (χ1) is 11.6. The van der Waals surface area contributed by atoms with Crippen LogP contribution < -0.4 is 10.2 Å². The molecule has 124 valence electrons. The number of allylic oxidation sites excluding steroid dienone is 1. The molecule has 1 N–H and O–H groups in total. The molecule has 7 heteroatoms. The van der Waals surface area contributed by atoms with Gasteiger partial charge in [0, 0.05) is 18.0 Å².